The molecular weight excluding hydrogens is 374 g/mol. The minimum Gasteiger partial charge on any atom is -0.453 e. The fourth-order valence-electron chi connectivity index (χ4n) is 2.83. The Bertz CT molecular complexity index is 922. The van der Waals surface area contributed by atoms with Crippen molar-refractivity contribution >= 4 is 15.9 Å². The molecule has 0 fully saturated rings. The van der Waals surface area contributed by atoms with Gasteiger partial charge in [0.1, 0.15) is 17.9 Å². The molecule has 0 aliphatic carbocycles. The predicted octanol–water partition coefficient (Wildman–Crippen LogP) is 2.14. The molecule has 4 rings (SSSR count). The van der Waals surface area contributed by atoms with Crippen molar-refractivity contribution in [3.05, 3.63) is 62.9 Å². The molecule has 0 amide bonds. The summed E-state index contributed by atoms with van der Waals surface area (Å²) in [5.74, 6) is 1.38. The van der Waals surface area contributed by atoms with E-state index in [4.69, 9.17) is 4.42 Å². The summed E-state index contributed by atoms with van der Waals surface area (Å²) in [6.45, 7) is 2.05. The van der Waals surface area contributed by atoms with E-state index in [1.807, 2.05) is 12.1 Å². The summed E-state index contributed by atoms with van der Waals surface area (Å²) in [4.78, 5) is 30.0. The number of nitrogens with one attached hydrogen (secondary N) is 1. The quantitative estimate of drug-likeness (QED) is 0.740. The molecule has 3 aromatic rings. The van der Waals surface area contributed by atoms with Gasteiger partial charge in [0.05, 0.1) is 23.4 Å². The maximum Gasteiger partial charge on any atom is 0.255 e. The fraction of sp³-hybridized carbons (Fsp3) is 0.250. The minimum atomic E-state index is -0.107. The molecule has 0 saturated heterocycles. The van der Waals surface area contributed by atoms with E-state index in [1.54, 1.807) is 12.4 Å². The van der Waals surface area contributed by atoms with Crippen LogP contribution in [-0.4, -0.2) is 31.4 Å². The maximum atomic E-state index is 12.5. The van der Waals surface area contributed by atoms with Gasteiger partial charge in [0, 0.05) is 31.9 Å². The van der Waals surface area contributed by atoms with Gasteiger partial charge in [-0.3, -0.25) is 9.69 Å². The maximum absolute atomic E-state index is 12.5. The predicted molar refractivity (Wildman–Crippen MR) is 90.1 cm³/mol. The van der Waals surface area contributed by atoms with Gasteiger partial charge in [-0.2, -0.15) is 0 Å². The van der Waals surface area contributed by atoms with Crippen molar-refractivity contribution in [1.29, 1.82) is 0 Å². The number of rotatable bonds is 3. The van der Waals surface area contributed by atoms with Crippen LogP contribution >= 0.6 is 15.9 Å². The van der Waals surface area contributed by atoms with Crippen LogP contribution in [0.2, 0.25) is 0 Å². The third-order valence-electron chi connectivity index (χ3n) is 3.99. The lowest BCUT2D eigenvalue weighted by molar-refractivity contribution is 0.221. The largest absolute Gasteiger partial charge is 0.453 e. The smallest absolute Gasteiger partial charge is 0.255 e. The Hall–Kier alpha value is -2.32. The van der Waals surface area contributed by atoms with Crippen molar-refractivity contribution in [2.75, 3.05) is 6.54 Å². The lowest BCUT2D eigenvalue weighted by Crippen LogP contribution is -2.35. The molecule has 0 atom stereocenters. The summed E-state index contributed by atoms with van der Waals surface area (Å²) in [7, 11) is 0. The number of hydrogen-bond acceptors (Lipinski definition) is 6. The molecule has 8 heteroatoms. The Labute approximate surface area is 145 Å². The number of aromatic nitrogens is 4. The van der Waals surface area contributed by atoms with E-state index in [1.165, 1.54) is 6.33 Å². The lowest BCUT2D eigenvalue weighted by Gasteiger charge is -2.26. The van der Waals surface area contributed by atoms with Gasteiger partial charge in [-0.1, -0.05) is 0 Å². The Kier molecular flexibility index (Phi) is 3.99. The molecule has 0 bridgehead atoms. The first-order chi connectivity index (χ1) is 11.7. The van der Waals surface area contributed by atoms with Crippen molar-refractivity contribution in [2.45, 2.75) is 19.5 Å². The summed E-state index contributed by atoms with van der Waals surface area (Å²) >= 11 is 3.30. The van der Waals surface area contributed by atoms with E-state index < -0.39 is 0 Å². The van der Waals surface area contributed by atoms with Gasteiger partial charge < -0.3 is 9.40 Å². The molecule has 122 valence electrons. The topological polar surface area (TPSA) is 87.9 Å². The lowest BCUT2D eigenvalue weighted by atomic mass is 10.1. The number of nitrogens with zero attached hydrogens (tertiary/aromatic N) is 4. The van der Waals surface area contributed by atoms with Crippen molar-refractivity contribution in [1.82, 2.24) is 24.8 Å². The van der Waals surface area contributed by atoms with Crippen LogP contribution < -0.4 is 5.56 Å². The summed E-state index contributed by atoms with van der Waals surface area (Å²) in [5, 5.41) is 0. The molecule has 7 nitrogen and oxygen atoms in total. The first-order valence-electron chi connectivity index (χ1n) is 7.53. The zero-order chi connectivity index (χ0) is 16.5. The van der Waals surface area contributed by atoms with Gasteiger partial charge in [0.2, 0.25) is 0 Å². The van der Waals surface area contributed by atoms with Gasteiger partial charge in [-0.15, -0.1) is 0 Å². The van der Waals surface area contributed by atoms with Gasteiger partial charge in [-0.25, -0.2) is 15.0 Å². The van der Waals surface area contributed by atoms with Crippen LogP contribution in [0.5, 0.6) is 0 Å². The Balaban J connectivity index is 1.59. The molecule has 4 heterocycles. The summed E-state index contributed by atoms with van der Waals surface area (Å²) in [5.41, 5.74) is 2.16. The van der Waals surface area contributed by atoms with E-state index in [0.29, 0.717) is 34.7 Å². The molecule has 0 radical (unpaired) electrons. The molecule has 3 aromatic heterocycles. The standard InChI is InChI=1S/C16H14BrN5O2/c17-14-2-1-11(24-14)7-22-4-3-13-12(8-22)16(23)21-15(20-13)10-5-18-9-19-6-10/h1-2,5-6,9H,3-4,7-8H2,(H,20,21,23). The number of halogens is 1. The van der Waals surface area contributed by atoms with Crippen LogP contribution in [0.25, 0.3) is 11.4 Å². The normalized spacial score (nSPS) is 14.5. The highest BCUT2D eigenvalue weighted by atomic mass is 79.9. The van der Waals surface area contributed by atoms with Crippen LogP contribution in [0.4, 0.5) is 0 Å². The second kappa shape index (κ2) is 6.29. The van der Waals surface area contributed by atoms with Crippen molar-refractivity contribution in [3.8, 4) is 11.4 Å². The highest BCUT2D eigenvalue weighted by Crippen LogP contribution is 2.21. The minimum absolute atomic E-state index is 0.107. The average Bonchev–Trinajstić information content (AvgIpc) is 3.01. The highest BCUT2D eigenvalue weighted by molar-refractivity contribution is 9.10. The second-order valence-corrected chi connectivity index (χ2v) is 6.41. The van der Waals surface area contributed by atoms with Crippen LogP contribution in [0.15, 0.2) is 44.7 Å². The van der Waals surface area contributed by atoms with E-state index in [0.717, 1.165) is 24.4 Å². The number of furan rings is 1. The van der Waals surface area contributed by atoms with E-state index in [-0.39, 0.29) is 5.56 Å². The number of fused-ring (bicyclic) bond motifs is 1. The van der Waals surface area contributed by atoms with Crippen LogP contribution in [0.3, 0.4) is 0 Å². The van der Waals surface area contributed by atoms with Crippen LogP contribution in [0, 0.1) is 0 Å². The van der Waals surface area contributed by atoms with E-state index in [2.05, 4.69) is 40.8 Å². The van der Waals surface area contributed by atoms with Gasteiger partial charge in [-0.05, 0) is 28.1 Å². The number of aromatic amines is 1. The molecule has 0 unspecified atom stereocenters. The number of hydrogen-bond donors (Lipinski definition) is 1. The number of H-pyrrole nitrogens is 1. The first kappa shape index (κ1) is 15.2. The third kappa shape index (κ3) is 3.02. The molecule has 24 heavy (non-hydrogen) atoms. The molecule has 1 N–H and O–H groups in total. The fourth-order valence-corrected chi connectivity index (χ4v) is 3.17. The Morgan fingerprint density at radius 1 is 1.29 bits per heavy atom. The second-order valence-electron chi connectivity index (χ2n) is 5.63. The first-order valence-corrected chi connectivity index (χ1v) is 8.32. The Morgan fingerprint density at radius 2 is 2.12 bits per heavy atom. The molecule has 1 aliphatic rings. The summed E-state index contributed by atoms with van der Waals surface area (Å²) < 4.78 is 6.25. The van der Waals surface area contributed by atoms with Crippen molar-refractivity contribution in [3.63, 3.8) is 0 Å². The highest BCUT2D eigenvalue weighted by Gasteiger charge is 2.22. The van der Waals surface area contributed by atoms with Gasteiger partial charge >= 0.3 is 0 Å². The summed E-state index contributed by atoms with van der Waals surface area (Å²) in [6, 6.07) is 3.80. The summed E-state index contributed by atoms with van der Waals surface area (Å²) in [6.07, 6.45) is 5.45. The van der Waals surface area contributed by atoms with Gasteiger partial charge in [0.25, 0.3) is 5.56 Å². The third-order valence-corrected chi connectivity index (χ3v) is 4.42. The zero-order valence-electron chi connectivity index (χ0n) is 12.7. The SMILES string of the molecule is O=c1[nH]c(-c2cncnc2)nc2c1CN(Cc1ccc(Br)o1)CC2. The van der Waals surface area contributed by atoms with Crippen molar-refractivity contribution < 1.29 is 4.42 Å². The molecular formula is C16H14BrN5O2. The molecule has 1 aliphatic heterocycles. The molecule has 0 aromatic carbocycles. The van der Waals surface area contributed by atoms with Gasteiger partial charge in [0.15, 0.2) is 4.67 Å². The average molecular weight is 388 g/mol. The molecule has 0 saturated carbocycles. The zero-order valence-corrected chi connectivity index (χ0v) is 14.3. The van der Waals surface area contributed by atoms with E-state index >= 15 is 0 Å². The van der Waals surface area contributed by atoms with E-state index in [9.17, 15) is 4.79 Å². The van der Waals surface area contributed by atoms with Crippen LogP contribution in [-0.2, 0) is 19.5 Å². The van der Waals surface area contributed by atoms with Crippen LogP contribution in [0.1, 0.15) is 17.0 Å². The monoisotopic (exact) mass is 387 g/mol. The molecule has 0 spiro atoms. The Morgan fingerprint density at radius 3 is 2.88 bits per heavy atom. The van der Waals surface area contributed by atoms with Crippen molar-refractivity contribution in [2.24, 2.45) is 0 Å².